The molecule has 0 spiro atoms. The molecule has 1 rings (SSSR count). The van der Waals surface area contributed by atoms with Crippen molar-refractivity contribution in [3.63, 3.8) is 0 Å². The SMILES string of the molecule is C[Si](Cl)(Cl)CCC[Si](C)(CCC[Si](C)(Cl)Cl)CCC[Si](CCC[Si](C)(CCC[Si](C)(Cl)Cl)CCC[Si](C)(Cl)Cl)(CCC[Si](C)(CCC[Si](C)(Cl)Cl)CCC[Si](C)(Cl)Cl)c1ccccc1. The van der Waals surface area contributed by atoms with E-state index in [1.165, 1.54) is 91.8 Å². The van der Waals surface area contributed by atoms with Gasteiger partial charge in [0.05, 0.1) is 32.3 Å². The molecule has 0 bridgehead atoms. The van der Waals surface area contributed by atoms with Crippen molar-refractivity contribution in [2.75, 3.05) is 0 Å². The van der Waals surface area contributed by atoms with Crippen molar-refractivity contribution in [1.29, 1.82) is 0 Å². The van der Waals surface area contributed by atoms with Gasteiger partial charge in [0.15, 0.2) is 0 Å². The van der Waals surface area contributed by atoms with Crippen LogP contribution in [0.3, 0.4) is 0 Å². The minimum atomic E-state index is -2.16. The minimum absolute atomic E-state index is 0.965. The van der Waals surface area contributed by atoms with E-state index >= 15 is 0 Å². The fourth-order valence-corrected chi connectivity index (χ4v) is 39.6. The first-order valence-electron chi connectivity index (χ1n) is 24.3. The highest BCUT2D eigenvalue weighted by Crippen LogP contribution is 2.41. The predicted octanol–water partition coefficient (Wildman–Crippen LogP) is 22.4. The summed E-state index contributed by atoms with van der Waals surface area (Å²) in [4.78, 5) is 0. The van der Waals surface area contributed by atoms with Gasteiger partial charge in [-0.05, 0) is 75.5 Å². The topological polar surface area (TPSA) is 0 Å². The Balaban J connectivity index is 3.65. The number of halogens is 12. The number of benzene rings is 1. The van der Waals surface area contributed by atoms with Gasteiger partial charge in [-0.2, -0.15) is 0 Å². The van der Waals surface area contributed by atoms with Crippen molar-refractivity contribution in [1.82, 2.24) is 0 Å². The van der Waals surface area contributed by atoms with Gasteiger partial charge in [-0.1, -0.05) is 185 Å². The summed E-state index contributed by atoms with van der Waals surface area (Å²) in [6.45, 7) is 7.45. The Morgan fingerprint density at radius 1 is 0.250 bits per heavy atom. The van der Waals surface area contributed by atoms with Crippen molar-refractivity contribution in [2.45, 2.75) is 226 Å². The Morgan fingerprint density at radius 3 is 0.594 bits per heavy atom. The summed E-state index contributed by atoms with van der Waals surface area (Å²) in [6.07, 6.45) is 10.7. The van der Waals surface area contributed by atoms with Crippen molar-refractivity contribution in [3.05, 3.63) is 30.3 Å². The summed E-state index contributed by atoms with van der Waals surface area (Å²) in [7, 11) is -6.85. The average Bonchev–Trinajstić information content (AvgIpc) is 3.08. The molecule has 0 saturated carbocycles. The molecule has 0 heterocycles. The first-order chi connectivity index (χ1) is 29.0. The fourth-order valence-electron chi connectivity index (χ4n) is 10.2. The molecule has 0 aliphatic heterocycles. The van der Waals surface area contributed by atoms with E-state index in [0.717, 1.165) is 74.8 Å². The highest BCUT2D eigenvalue weighted by Gasteiger charge is 2.39. The Bertz CT molecular complexity index is 1210. The summed E-state index contributed by atoms with van der Waals surface area (Å²) >= 11 is 80.1. The summed E-state index contributed by atoms with van der Waals surface area (Å²) in [5, 5.41) is 1.66. The molecule has 0 saturated heterocycles. The van der Waals surface area contributed by atoms with Crippen molar-refractivity contribution in [3.8, 4) is 0 Å². The molecule has 0 radical (unpaired) electrons. The lowest BCUT2D eigenvalue weighted by Gasteiger charge is -2.37. The molecule has 64 heavy (non-hydrogen) atoms. The van der Waals surface area contributed by atoms with E-state index in [9.17, 15) is 0 Å². The number of rotatable bonds is 37. The van der Waals surface area contributed by atoms with Crippen LogP contribution in [0, 0.1) is 0 Å². The van der Waals surface area contributed by atoms with Gasteiger partial charge in [0.25, 0.3) is 0 Å². The van der Waals surface area contributed by atoms with Gasteiger partial charge >= 0.3 is 0 Å². The van der Waals surface area contributed by atoms with Gasteiger partial charge in [-0.3, -0.25) is 0 Å². The standard InChI is InChI=1S/C42H86Cl12Si10/c1-55(24-13-33-58(4,43)44,25-14-34-59(5,45)46)30-19-39-64(42-22-11-10-12-23-42,40-20-31-56(2,26-15-35-60(6,47)48)27-16-36-61(7,49)50)41-21-32-57(3,28-17-37-62(8,51)52)29-18-38-63(9,53)54/h10-12,22-23H,13-21,24-41H2,1-9H3. The van der Waals surface area contributed by atoms with E-state index in [-0.39, 0.29) is 0 Å². The maximum Gasteiger partial charge on any atom is 0.248 e. The maximum atomic E-state index is 6.67. The van der Waals surface area contributed by atoms with Crippen LogP contribution in [0.5, 0.6) is 0 Å². The molecule has 0 aliphatic rings. The molecule has 1 aromatic carbocycles. The van der Waals surface area contributed by atoms with Crippen LogP contribution < -0.4 is 5.19 Å². The Kier molecular flexibility index (Phi) is 31.8. The average molecular weight is 1300 g/mol. The van der Waals surface area contributed by atoms with Crippen LogP contribution in [-0.2, 0) is 0 Å². The van der Waals surface area contributed by atoms with Crippen molar-refractivity contribution in [2.24, 2.45) is 0 Å². The molecule has 0 nitrogen and oxygen atoms in total. The summed E-state index contributed by atoms with van der Waals surface area (Å²) < 4.78 is 0. The number of hydrogen-bond donors (Lipinski definition) is 0. The van der Waals surface area contributed by atoms with E-state index in [2.05, 4.69) is 89.3 Å². The smallest absolute Gasteiger partial charge is 0.146 e. The Labute approximate surface area is 460 Å². The van der Waals surface area contributed by atoms with Crippen LogP contribution >= 0.6 is 133 Å². The monoisotopic (exact) mass is 1290 g/mol. The maximum absolute atomic E-state index is 6.67. The van der Waals surface area contributed by atoms with Gasteiger partial charge in [0, 0.05) is 0 Å². The van der Waals surface area contributed by atoms with Crippen LogP contribution in [-0.4, -0.2) is 72.5 Å². The third-order valence-corrected chi connectivity index (χ3v) is 47.8. The molecular weight excluding hydrogens is 1210 g/mol. The van der Waals surface area contributed by atoms with Gasteiger partial charge < -0.3 is 0 Å². The molecule has 1 aromatic rings. The van der Waals surface area contributed by atoms with Crippen LogP contribution in [0.15, 0.2) is 30.3 Å². The van der Waals surface area contributed by atoms with Gasteiger partial charge in [-0.25, -0.2) is 0 Å². The third kappa shape index (κ3) is 35.1. The van der Waals surface area contributed by atoms with Gasteiger partial charge in [0.2, 0.25) is 40.2 Å². The van der Waals surface area contributed by atoms with Gasteiger partial charge in [0.1, 0.15) is 0 Å². The lowest BCUT2D eigenvalue weighted by atomic mass is 10.4. The molecule has 0 unspecified atom stereocenters. The zero-order chi connectivity index (χ0) is 49.2. The summed E-state index contributed by atoms with van der Waals surface area (Å²) in [6, 6.07) is 33.4. The second-order valence-electron chi connectivity index (χ2n) is 22.2. The largest absolute Gasteiger partial charge is 0.248 e. The van der Waals surface area contributed by atoms with Crippen LogP contribution in [0.2, 0.25) is 168 Å². The molecular formula is C42H86Cl12Si10. The van der Waals surface area contributed by atoms with Gasteiger partial charge in [-0.15, -0.1) is 133 Å². The second kappa shape index (κ2) is 30.4. The number of hydrogen-bond acceptors (Lipinski definition) is 0. The van der Waals surface area contributed by atoms with Crippen LogP contribution in [0.4, 0.5) is 0 Å². The summed E-state index contributed by atoms with van der Waals surface area (Å²) in [5.74, 6) is 0. The highest BCUT2D eigenvalue weighted by atomic mass is 35.7. The Hall–Kier alpha value is 4.87. The molecule has 0 N–H and O–H groups in total. The third-order valence-electron chi connectivity index (χ3n) is 14.1. The van der Waals surface area contributed by atoms with Crippen LogP contribution in [0.25, 0.3) is 0 Å². The molecule has 0 atom stereocenters. The fraction of sp³-hybridized carbons (Fsp3) is 0.857. The Morgan fingerprint density at radius 2 is 0.422 bits per heavy atom. The molecule has 0 amide bonds. The van der Waals surface area contributed by atoms with E-state index in [1.54, 1.807) is 5.19 Å². The summed E-state index contributed by atoms with van der Waals surface area (Å²) in [5.41, 5.74) is 0. The van der Waals surface area contributed by atoms with E-state index in [1.807, 2.05) is 0 Å². The first kappa shape index (κ1) is 66.9. The molecule has 0 aliphatic carbocycles. The molecule has 0 fully saturated rings. The predicted molar refractivity (Wildman–Crippen MR) is 335 cm³/mol. The quantitative estimate of drug-likeness (QED) is 0.0460. The van der Waals surface area contributed by atoms with Crippen molar-refractivity contribution >= 4 is 211 Å². The normalized spacial score (nSPS) is 14.5. The van der Waals surface area contributed by atoms with Crippen molar-refractivity contribution < 1.29 is 0 Å². The van der Waals surface area contributed by atoms with E-state index in [4.69, 9.17) is 133 Å². The lowest BCUT2D eigenvalue weighted by molar-refractivity contribution is 0.870. The van der Waals surface area contributed by atoms with Crippen LogP contribution in [0.1, 0.15) is 57.8 Å². The highest BCUT2D eigenvalue weighted by molar-refractivity contribution is 7.47. The lowest BCUT2D eigenvalue weighted by Crippen LogP contribution is -2.48. The molecule has 378 valence electrons. The van der Waals surface area contributed by atoms with E-state index in [0.29, 0.717) is 0 Å². The zero-order valence-corrected chi connectivity index (χ0v) is 60.1. The second-order valence-corrected chi connectivity index (χ2v) is 91.5. The first-order valence-corrected chi connectivity index (χ1v) is 64.7. The molecule has 0 aromatic heterocycles. The van der Waals surface area contributed by atoms with E-state index < -0.39 is 72.5 Å². The zero-order valence-electron chi connectivity index (χ0n) is 41.0. The molecule has 22 heteroatoms. The minimum Gasteiger partial charge on any atom is -0.146 e.